The van der Waals surface area contributed by atoms with E-state index in [1.54, 1.807) is 0 Å². The number of rotatable bonds is 1. The highest BCUT2D eigenvalue weighted by Crippen LogP contribution is 2.42. The molecule has 0 aromatic heterocycles. The lowest BCUT2D eigenvalue weighted by atomic mass is 10.1. The van der Waals surface area contributed by atoms with Crippen LogP contribution < -0.4 is 0 Å². The Morgan fingerprint density at radius 3 is 3.08 bits per heavy atom. The summed E-state index contributed by atoms with van der Waals surface area (Å²) in [6.07, 6.45) is 4.74. The Bertz CT molecular complexity index is 296. The van der Waals surface area contributed by atoms with E-state index < -0.39 is 0 Å². The maximum Gasteiger partial charge on any atom is 0.0300 e. The van der Waals surface area contributed by atoms with Gasteiger partial charge in [-0.05, 0) is 36.3 Å². The van der Waals surface area contributed by atoms with E-state index in [0.717, 1.165) is 5.25 Å². The van der Waals surface area contributed by atoms with E-state index in [1.165, 1.54) is 28.4 Å². The quantitative estimate of drug-likeness (QED) is 0.722. The summed E-state index contributed by atoms with van der Waals surface area (Å²) in [7, 11) is 0. The Hall–Kier alpha value is 0.0500. The maximum absolute atomic E-state index is 3.59. The third kappa shape index (κ3) is 1.31. The number of halogens is 1. The molecule has 64 valence electrons. The molecule has 0 saturated carbocycles. The van der Waals surface area contributed by atoms with Gasteiger partial charge in [-0.25, -0.2) is 0 Å². The zero-order valence-electron chi connectivity index (χ0n) is 7.01. The van der Waals surface area contributed by atoms with Gasteiger partial charge in [0.25, 0.3) is 0 Å². The SMILES string of the molecule is CSC1CCc2c(Br)cccc21. The van der Waals surface area contributed by atoms with Crippen LogP contribution in [0.15, 0.2) is 22.7 Å². The monoisotopic (exact) mass is 242 g/mol. The van der Waals surface area contributed by atoms with Crippen molar-refractivity contribution in [1.82, 2.24) is 0 Å². The van der Waals surface area contributed by atoms with Gasteiger partial charge in [0, 0.05) is 9.72 Å². The summed E-state index contributed by atoms with van der Waals surface area (Å²) >= 11 is 5.56. The summed E-state index contributed by atoms with van der Waals surface area (Å²) in [6.45, 7) is 0. The molecule has 1 aromatic carbocycles. The molecular weight excluding hydrogens is 232 g/mol. The largest absolute Gasteiger partial charge is 0.157 e. The van der Waals surface area contributed by atoms with Crippen LogP contribution in [0.3, 0.4) is 0 Å². The van der Waals surface area contributed by atoms with Gasteiger partial charge in [-0.1, -0.05) is 28.1 Å². The molecule has 0 radical (unpaired) electrons. The molecule has 12 heavy (non-hydrogen) atoms. The first kappa shape index (κ1) is 8.64. The summed E-state index contributed by atoms with van der Waals surface area (Å²) < 4.78 is 1.29. The Labute approximate surface area is 85.9 Å². The van der Waals surface area contributed by atoms with Crippen LogP contribution in [0.4, 0.5) is 0 Å². The fraction of sp³-hybridized carbons (Fsp3) is 0.400. The lowest BCUT2D eigenvalue weighted by Gasteiger charge is -2.07. The summed E-state index contributed by atoms with van der Waals surface area (Å²) in [6, 6.07) is 6.53. The van der Waals surface area contributed by atoms with Crippen molar-refractivity contribution in [3.8, 4) is 0 Å². The van der Waals surface area contributed by atoms with Crippen molar-refractivity contribution in [2.75, 3.05) is 6.26 Å². The fourth-order valence-electron chi connectivity index (χ4n) is 1.82. The molecule has 0 spiro atoms. The normalized spacial score (nSPS) is 21.0. The van der Waals surface area contributed by atoms with Gasteiger partial charge in [0.05, 0.1) is 0 Å². The van der Waals surface area contributed by atoms with Crippen molar-refractivity contribution < 1.29 is 0 Å². The third-order valence-electron chi connectivity index (χ3n) is 2.44. The minimum atomic E-state index is 0.734. The molecule has 2 heteroatoms. The van der Waals surface area contributed by atoms with E-state index in [9.17, 15) is 0 Å². The van der Waals surface area contributed by atoms with E-state index >= 15 is 0 Å². The second-order valence-corrected chi connectivity index (χ2v) is 4.97. The summed E-state index contributed by atoms with van der Waals surface area (Å²) in [4.78, 5) is 0. The van der Waals surface area contributed by atoms with Gasteiger partial charge in [0.1, 0.15) is 0 Å². The van der Waals surface area contributed by atoms with Gasteiger partial charge in [0.15, 0.2) is 0 Å². The molecule has 0 fully saturated rings. The maximum atomic E-state index is 3.59. The van der Waals surface area contributed by atoms with Crippen LogP contribution in [0.2, 0.25) is 0 Å². The molecule has 0 bridgehead atoms. The Morgan fingerprint density at radius 1 is 1.50 bits per heavy atom. The molecule has 2 rings (SSSR count). The number of benzene rings is 1. The van der Waals surface area contributed by atoms with E-state index in [4.69, 9.17) is 0 Å². The number of thioether (sulfide) groups is 1. The smallest absolute Gasteiger partial charge is 0.0300 e. The van der Waals surface area contributed by atoms with Crippen LogP contribution >= 0.6 is 27.7 Å². The predicted molar refractivity (Wildman–Crippen MR) is 58.7 cm³/mol. The van der Waals surface area contributed by atoms with Crippen LogP contribution in [0, 0.1) is 0 Å². The van der Waals surface area contributed by atoms with Crippen LogP contribution in [-0.4, -0.2) is 6.26 Å². The average Bonchev–Trinajstić information content (AvgIpc) is 2.49. The van der Waals surface area contributed by atoms with Gasteiger partial charge in [-0.2, -0.15) is 11.8 Å². The highest BCUT2D eigenvalue weighted by Gasteiger charge is 2.22. The first-order valence-electron chi connectivity index (χ1n) is 4.13. The molecular formula is C10H11BrS. The van der Waals surface area contributed by atoms with E-state index in [0.29, 0.717) is 0 Å². The highest BCUT2D eigenvalue weighted by molar-refractivity contribution is 9.10. The van der Waals surface area contributed by atoms with Crippen molar-refractivity contribution in [2.24, 2.45) is 0 Å². The first-order valence-corrected chi connectivity index (χ1v) is 6.21. The average molecular weight is 243 g/mol. The molecule has 0 N–H and O–H groups in total. The molecule has 1 unspecified atom stereocenters. The van der Waals surface area contributed by atoms with Gasteiger partial charge in [0.2, 0.25) is 0 Å². The highest BCUT2D eigenvalue weighted by atomic mass is 79.9. The zero-order chi connectivity index (χ0) is 8.55. The molecule has 1 atom stereocenters. The second-order valence-electron chi connectivity index (χ2n) is 3.07. The number of hydrogen-bond donors (Lipinski definition) is 0. The number of hydrogen-bond acceptors (Lipinski definition) is 1. The standard InChI is InChI=1S/C10H11BrS/c1-12-10-6-5-7-8(10)3-2-4-9(7)11/h2-4,10H,5-6H2,1H3. The van der Waals surface area contributed by atoms with Gasteiger partial charge in [-0.15, -0.1) is 0 Å². The molecule has 1 aromatic rings. The van der Waals surface area contributed by atoms with Crippen LogP contribution in [0.25, 0.3) is 0 Å². The minimum absolute atomic E-state index is 0.734. The van der Waals surface area contributed by atoms with Gasteiger partial charge < -0.3 is 0 Å². The van der Waals surface area contributed by atoms with E-state index in [1.807, 2.05) is 11.8 Å². The summed E-state index contributed by atoms with van der Waals surface area (Å²) in [5.74, 6) is 0. The zero-order valence-corrected chi connectivity index (χ0v) is 9.41. The lowest BCUT2D eigenvalue weighted by Crippen LogP contribution is -1.86. The third-order valence-corrected chi connectivity index (χ3v) is 4.24. The fourth-order valence-corrected chi connectivity index (χ4v) is 3.22. The Balaban J connectivity index is 2.46. The molecule has 0 aliphatic heterocycles. The minimum Gasteiger partial charge on any atom is -0.157 e. The molecule has 1 aliphatic rings. The Morgan fingerprint density at radius 2 is 2.33 bits per heavy atom. The topological polar surface area (TPSA) is 0 Å². The molecule has 0 nitrogen and oxygen atoms in total. The Kier molecular flexibility index (Phi) is 2.47. The first-order chi connectivity index (χ1) is 5.83. The van der Waals surface area contributed by atoms with E-state index in [-0.39, 0.29) is 0 Å². The van der Waals surface area contributed by atoms with Crippen LogP contribution in [0.1, 0.15) is 22.8 Å². The number of fused-ring (bicyclic) bond motifs is 1. The van der Waals surface area contributed by atoms with Gasteiger partial charge in [-0.3, -0.25) is 0 Å². The van der Waals surface area contributed by atoms with Crippen molar-refractivity contribution >= 4 is 27.7 Å². The van der Waals surface area contributed by atoms with Crippen molar-refractivity contribution in [2.45, 2.75) is 18.1 Å². The van der Waals surface area contributed by atoms with Crippen molar-refractivity contribution in [3.63, 3.8) is 0 Å². The van der Waals surface area contributed by atoms with Crippen molar-refractivity contribution in [3.05, 3.63) is 33.8 Å². The molecule has 0 heterocycles. The summed E-state index contributed by atoms with van der Waals surface area (Å²) in [5, 5.41) is 0.734. The molecule has 1 aliphatic carbocycles. The van der Waals surface area contributed by atoms with E-state index in [2.05, 4.69) is 40.4 Å². The van der Waals surface area contributed by atoms with Crippen LogP contribution in [-0.2, 0) is 6.42 Å². The predicted octanol–water partition coefficient (Wildman–Crippen LogP) is 3.80. The summed E-state index contributed by atoms with van der Waals surface area (Å²) in [5.41, 5.74) is 3.06. The molecule has 0 saturated heterocycles. The van der Waals surface area contributed by atoms with Gasteiger partial charge >= 0.3 is 0 Å². The second kappa shape index (κ2) is 3.43. The van der Waals surface area contributed by atoms with Crippen molar-refractivity contribution in [1.29, 1.82) is 0 Å². The van der Waals surface area contributed by atoms with Crippen LogP contribution in [0.5, 0.6) is 0 Å². The molecule has 0 amide bonds. The lowest BCUT2D eigenvalue weighted by molar-refractivity contribution is 0.892.